The minimum absolute atomic E-state index is 0.210. The highest BCUT2D eigenvalue weighted by Gasteiger charge is 2.24. The van der Waals surface area contributed by atoms with Crippen LogP contribution in [-0.4, -0.2) is 51.8 Å². The Labute approximate surface area is 397 Å². The standard InChI is InChI=1S/C13H10F2N2O.2C13H11FN2O.C12H9F2N3O/c14-11-5-9-7-17(10-1-3-16-4-2-10)8-18-13(9)6-12(11)15;14-11-3-4-13-10(6-11)8-16(9-17-13)12-2-1-5-15-7-12;14-11-4-5-12-10(7-11)8-16(9-17-12)13-3-1-2-6-15-13;13-9-4-8-6-17(12-15-2-1-3-16-12)7-18-11(8)5-10(9)14/h1-6H,7-8H2;2*1-7H,8-9H2;1-5H,6-7H2. The van der Waals surface area contributed by atoms with Gasteiger partial charge in [0.2, 0.25) is 5.95 Å². The summed E-state index contributed by atoms with van der Waals surface area (Å²) >= 11 is 0. The van der Waals surface area contributed by atoms with Crippen LogP contribution in [0.25, 0.3) is 0 Å². The maximum atomic E-state index is 13.2. The number of hydrogen-bond donors (Lipinski definition) is 0. The average Bonchev–Trinajstić information content (AvgIpc) is 3.40. The van der Waals surface area contributed by atoms with E-state index in [1.807, 2.05) is 57.2 Å². The van der Waals surface area contributed by atoms with Crippen LogP contribution in [0.2, 0.25) is 0 Å². The van der Waals surface area contributed by atoms with E-state index in [9.17, 15) is 26.3 Å². The Balaban J connectivity index is 0.000000116. The molecule has 13 nitrogen and oxygen atoms in total. The van der Waals surface area contributed by atoms with Gasteiger partial charge in [0.15, 0.2) is 50.2 Å². The minimum Gasteiger partial charge on any atom is -0.473 e. The number of fused-ring (bicyclic) bond motifs is 4. The van der Waals surface area contributed by atoms with Crippen LogP contribution in [0.4, 0.5) is 49.5 Å². The van der Waals surface area contributed by atoms with Gasteiger partial charge in [0, 0.05) is 90.3 Å². The maximum absolute atomic E-state index is 13.2. The summed E-state index contributed by atoms with van der Waals surface area (Å²) in [4.78, 5) is 28.0. The van der Waals surface area contributed by atoms with E-state index >= 15 is 0 Å². The number of hydrogen-bond acceptors (Lipinski definition) is 13. The van der Waals surface area contributed by atoms with Crippen LogP contribution in [0.15, 0.2) is 153 Å². The van der Waals surface area contributed by atoms with Crippen molar-refractivity contribution in [3.8, 4) is 23.0 Å². The minimum atomic E-state index is -0.904. The van der Waals surface area contributed by atoms with E-state index in [0.717, 1.165) is 58.0 Å². The van der Waals surface area contributed by atoms with Crippen molar-refractivity contribution in [2.75, 3.05) is 46.5 Å². The van der Waals surface area contributed by atoms with Gasteiger partial charge in [-0.2, -0.15) is 0 Å². The second-order valence-corrected chi connectivity index (χ2v) is 15.8. The maximum Gasteiger partial charge on any atom is 0.228 e. The fourth-order valence-corrected chi connectivity index (χ4v) is 7.57. The number of ether oxygens (including phenoxy) is 4. The van der Waals surface area contributed by atoms with Gasteiger partial charge in [0.1, 0.15) is 40.5 Å². The Kier molecular flexibility index (Phi) is 14.3. The molecule has 0 bridgehead atoms. The van der Waals surface area contributed by atoms with Crippen LogP contribution < -0.4 is 38.5 Å². The lowest BCUT2D eigenvalue weighted by atomic mass is 10.1. The number of halogens is 6. The van der Waals surface area contributed by atoms with Crippen LogP contribution in [0, 0.1) is 34.9 Å². The zero-order valence-corrected chi connectivity index (χ0v) is 37.0. The number of nitrogens with zero attached hydrogens (tertiary/aromatic N) is 9. The first kappa shape index (κ1) is 46.5. The molecule has 0 radical (unpaired) electrons. The zero-order chi connectivity index (χ0) is 48.4. The summed E-state index contributed by atoms with van der Waals surface area (Å²) < 4.78 is 101. The first-order valence-electron chi connectivity index (χ1n) is 21.7. The van der Waals surface area contributed by atoms with Crippen molar-refractivity contribution in [2.45, 2.75) is 26.2 Å². The summed E-state index contributed by atoms with van der Waals surface area (Å²) in [5, 5.41) is 0. The van der Waals surface area contributed by atoms with Crippen LogP contribution in [0.5, 0.6) is 23.0 Å². The molecule has 8 heterocycles. The fraction of sp³-hybridized carbons (Fsp3) is 0.157. The number of pyridine rings is 3. The monoisotopic (exact) mass is 957 g/mol. The summed E-state index contributed by atoms with van der Waals surface area (Å²) in [6.07, 6.45) is 11.8. The third-order valence-electron chi connectivity index (χ3n) is 11.0. The molecule has 8 aromatic rings. The number of benzene rings is 4. The second kappa shape index (κ2) is 21.6. The second-order valence-electron chi connectivity index (χ2n) is 15.8. The van der Waals surface area contributed by atoms with Crippen molar-refractivity contribution in [1.29, 1.82) is 0 Å². The van der Waals surface area contributed by atoms with E-state index in [-0.39, 0.29) is 18.4 Å². The van der Waals surface area contributed by atoms with E-state index in [1.54, 1.807) is 66.5 Å². The Hall–Kier alpha value is -8.61. The molecule has 356 valence electrons. The number of rotatable bonds is 4. The molecule has 4 aliphatic heterocycles. The molecule has 0 fully saturated rings. The average molecular weight is 958 g/mol. The van der Waals surface area contributed by atoms with Crippen molar-refractivity contribution in [3.05, 3.63) is 210 Å². The quantitative estimate of drug-likeness (QED) is 0.156. The van der Waals surface area contributed by atoms with Crippen molar-refractivity contribution in [2.24, 2.45) is 0 Å². The van der Waals surface area contributed by atoms with Gasteiger partial charge < -0.3 is 38.5 Å². The predicted molar refractivity (Wildman–Crippen MR) is 247 cm³/mol. The van der Waals surface area contributed by atoms with Gasteiger partial charge in [-0.25, -0.2) is 41.3 Å². The van der Waals surface area contributed by atoms with Gasteiger partial charge in [-0.1, -0.05) is 6.07 Å². The number of anilines is 4. The van der Waals surface area contributed by atoms with Crippen LogP contribution in [-0.2, 0) is 26.2 Å². The SMILES string of the molecule is Fc1cc2c(cc1F)OCN(c1ccncc1)C2.Fc1cc2c(cc1F)OCN(c1ncccn1)C2.Fc1ccc2c(c1)CN(c1ccccn1)CO2.Fc1ccc2c(c1)CN(c1cccnc1)CO2. The smallest absolute Gasteiger partial charge is 0.228 e. The zero-order valence-electron chi connectivity index (χ0n) is 37.0. The summed E-state index contributed by atoms with van der Waals surface area (Å²) in [5.74, 6) is -0.400. The van der Waals surface area contributed by atoms with Gasteiger partial charge in [0.05, 0.1) is 25.0 Å². The summed E-state index contributed by atoms with van der Waals surface area (Å²) in [5.41, 5.74) is 4.83. The highest BCUT2D eigenvalue weighted by molar-refractivity contribution is 5.50. The molecule has 4 aliphatic rings. The molecular formula is C51H41F6N9O4. The van der Waals surface area contributed by atoms with Crippen molar-refractivity contribution < 1.29 is 45.3 Å². The molecule has 0 N–H and O–H groups in total. The van der Waals surface area contributed by atoms with Gasteiger partial charge in [-0.15, -0.1) is 0 Å². The first-order chi connectivity index (χ1) is 34.1. The van der Waals surface area contributed by atoms with E-state index in [4.69, 9.17) is 18.9 Å². The molecule has 12 rings (SSSR count). The molecule has 0 saturated heterocycles. The molecule has 4 aromatic carbocycles. The van der Waals surface area contributed by atoms with Crippen LogP contribution in [0.1, 0.15) is 22.3 Å². The molecule has 0 saturated carbocycles. The van der Waals surface area contributed by atoms with Gasteiger partial charge in [-0.05, 0) is 91.0 Å². The largest absolute Gasteiger partial charge is 0.473 e. The third kappa shape index (κ3) is 11.4. The van der Waals surface area contributed by atoms with Gasteiger partial charge >= 0.3 is 0 Å². The van der Waals surface area contributed by atoms with E-state index in [0.29, 0.717) is 74.9 Å². The Morgan fingerprint density at radius 3 is 1.44 bits per heavy atom. The number of aromatic nitrogens is 5. The molecule has 0 spiro atoms. The van der Waals surface area contributed by atoms with Crippen LogP contribution >= 0.6 is 0 Å². The van der Waals surface area contributed by atoms with Crippen molar-refractivity contribution in [3.63, 3.8) is 0 Å². The summed E-state index contributed by atoms with van der Waals surface area (Å²) in [7, 11) is 0. The Morgan fingerprint density at radius 2 is 0.871 bits per heavy atom. The lowest BCUT2D eigenvalue weighted by molar-refractivity contribution is 0.283. The highest BCUT2D eigenvalue weighted by Crippen LogP contribution is 2.32. The summed E-state index contributed by atoms with van der Waals surface area (Å²) in [6, 6.07) is 28.6. The van der Waals surface area contributed by atoms with Crippen molar-refractivity contribution >= 4 is 23.1 Å². The van der Waals surface area contributed by atoms with Crippen molar-refractivity contribution in [1.82, 2.24) is 24.9 Å². The van der Waals surface area contributed by atoms with E-state index in [1.165, 1.54) is 30.3 Å². The van der Waals surface area contributed by atoms with E-state index < -0.39 is 23.3 Å². The molecule has 19 heteroatoms. The molecular weight excluding hydrogens is 917 g/mol. The molecule has 0 unspecified atom stereocenters. The molecule has 0 atom stereocenters. The van der Waals surface area contributed by atoms with Gasteiger partial charge in [-0.3, -0.25) is 9.97 Å². The molecule has 0 aliphatic carbocycles. The van der Waals surface area contributed by atoms with Crippen LogP contribution in [0.3, 0.4) is 0 Å². The highest BCUT2D eigenvalue weighted by atomic mass is 19.2. The lowest BCUT2D eigenvalue weighted by Gasteiger charge is -2.30. The first-order valence-corrected chi connectivity index (χ1v) is 21.7. The topological polar surface area (TPSA) is 114 Å². The fourth-order valence-electron chi connectivity index (χ4n) is 7.57. The Morgan fingerprint density at radius 1 is 0.371 bits per heavy atom. The summed E-state index contributed by atoms with van der Waals surface area (Å²) in [6.45, 7) is 3.54. The third-order valence-corrected chi connectivity index (χ3v) is 11.0. The molecule has 0 amide bonds. The lowest BCUT2D eigenvalue weighted by Crippen LogP contribution is -2.33. The van der Waals surface area contributed by atoms with Gasteiger partial charge in [0.25, 0.3) is 0 Å². The Bertz CT molecular complexity index is 2820. The molecule has 4 aromatic heterocycles. The van der Waals surface area contributed by atoms with E-state index in [2.05, 4.69) is 24.9 Å². The molecule has 70 heavy (non-hydrogen) atoms. The predicted octanol–water partition coefficient (Wildman–Crippen LogP) is 9.98. The normalized spacial score (nSPS) is 14.0.